The molecule has 3 aromatic carbocycles. The molecule has 0 radical (unpaired) electrons. The average Bonchev–Trinajstić information content (AvgIpc) is 2.76. The van der Waals surface area contributed by atoms with Crippen LogP contribution in [0.1, 0.15) is 18.1 Å². The first-order chi connectivity index (χ1) is 14.7. The topological polar surface area (TPSA) is 80.8 Å². The molecule has 31 heavy (non-hydrogen) atoms. The number of halogens is 1. The first-order valence-electron chi connectivity index (χ1n) is 9.50. The fourth-order valence-electron chi connectivity index (χ4n) is 2.82. The van der Waals surface area contributed by atoms with E-state index in [9.17, 15) is 21.2 Å². The first-order valence-corrected chi connectivity index (χ1v) is 12.5. The van der Waals surface area contributed by atoms with Gasteiger partial charge in [0.05, 0.1) is 10.6 Å². The monoisotopic (exact) mass is 463 g/mol. The molecule has 3 rings (SSSR count). The lowest BCUT2D eigenvalue weighted by Crippen LogP contribution is -2.30. The zero-order valence-corrected chi connectivity index (χ0v) is 18.4. The Morgan fingerprint density at radius 3 is 1.81 bits per heavy atom. The Morgan fingerprint density at radius 1 is 0.774 bits per heavy atom. The minimum Gasteiger partial charge on any atom is -0.382 e. The third-order valence-corrected chi connectivity index (χ3v) is 7.47. The lowest BCUT2D eigenvalue weighted by atomic mass is 10.2. The second-order valence-electron chi connectivity index (χ2n) is 6.79. The molecule has 0 saturated heterocycles. The van der Waals surface area contributed by atoms with Gasteiger partial charge in [-0.3, -0.25) is 0 Å². The third-order valence-electron chi connectivity index (χ3n) is 4.51. The molecule has 6 nitrogen and oxygen atoms in total. The van der Waals surface area contributed by atoms with E-state index >= 15 is 0 Å². The summed E-state index contributed by atoms with van der Waals surface area (Å²) in [5, 5.41) is 0. The van der Waals surface area contributed by atoms with Crippen LogP contribution in [0.15, 0.2) is 83.8 Å². The minimum atomic E-state index is -3.84. The molecule has 0 fully saturated rings. The first kappa shape index (κ1) is 22.9. The lowest BCUT2D eigenvalue weighted by molar-refractivity contribution is 0.401. The van der Waals surface area contributed by atoms with Crippen molar-refractivity contribution in [2.75, 3.05) is 5.75 Å². The molecule has 0 unspecified atom stereocenters. The Hall–Kier alpha value is -2.75. The summed E-state index contributed by atoms with van der Waals surface area (Å²) in [7, 11) is -7.49. The van der Waals surface area contributed by atoms with E-state index in [4.69, 9.17) is 4.18 Å². The van der Waals surface area contributed by atoms with E-state index in [2.05, 4.69) is 0 Å². The molecule has 0 atom stereocenters. The van der Waals surface area contributed by atoms with Gasteiger partial charge in [-0.25, -0.2) is 12.8 Å². The van der Waals surface area contributed by atoms with Crippen LogP contribution in [0.5, 0.6) is 5.75 Å². The summed E-state index contributed by atoms with van der Waals surface area (Å²) >= 11 is 0. The predicted molar refractivity (Wildman–Crippen MR) is 116 cm³/mol. The van der Waals surface area contributed by atoms with Gasteiger partial charge in [-0.15, -0.1) is 0 Å². The van der Waals surface area contributed by atoms with Gasteiger partial charge in [0.25, 0.3) is 0 Å². The lowest BCUT2D eigenvalue weighted by Gasteiger charge is -2.23. The SMILES string of the molecule is CCS(=O)(=O)Oc1ccc(CN(Cc2ccc(F)cc2)S(=O)(=O)c2ccccc2)cc1. The van der Waals surface area contributed by atoms with Crippen LogP contribution < -0.4 is 4.18 Å². The van der Waals surface area contributed by atoms with E-state index in [0.717, 1.165) is 0 Å². The smallest absolute Gasteiger partial charge is 0.308 e. The molecular formula is C22H22FNO5S2. The van der Waals surface area contributed by atoms with E-state index in [1.54, 1.807) is 30.3 Å². The summed E-state index contributed by atoms with van der Waals surface area (Å²) in [4.78, 5) is 0.145. The fraction of sp³-hybridized carbons (Fsp3) is 0.182. The van der Waals surface area contributed by atoms with Crippen LogP contribution in [0.25, 0.3) is 0 Å². The molecule has 0 aliphatic carbocycles. The van der Waals surface area contributed by atoms with E-state index in [-0.39, 0.29) is 29.5 Å². The van der Waals surface area contributed by atoms with Crippen molar-refractivity contribution < 1.29 is 25.4 Å². The Morgan fingerprint density at radius 2 is 1.29 bits per heavy atom. The maximum atomic E-state index is 13.3. The highest BCUT2D eigenvalue weighted by Gasteiger charge is 2.25. The normalized spacial score (nSPS) is 12.1. The van der Waals surface area contributed by atoms with Crippen molar-refractivity contribution >= 4 is 20.1 Å². The maximum Gasteiger partial charge on any atom is 0.308 e. The average molecular weight is 464 g/mol. The highest BCUT2D eigenvalue weighted by molar-refractivity contribution is 7.89. The number of sulfonamides is 1. The van der Waals surface area contributed by atoms with Crippen molar-refractivity contribution in [2.24, 2.45) is 0 Å². The van der Waals surface area contributed by atoms with Gasteiger partial charge in [-0.2, -0.15) is 12.7 Å². The molecule has 0 N–H and O–H groups in total. The zero-order chi connectivity index (χ0) is 22.5. The molecule has 9 heteroatoms. The van der Waals surface area contributed by atoms with Gasteiger partial charge < -0.3 is 4.18 Å². The molecule has 0 saturated carbocycles. The van der Waals surface area contributed by atoms with Crippen LogP contribution >= 0.6 is 0 Å². The van der Waals surface area contributed by atoms with E-state index in [1.165, 1.54) is 59.8 Å². The quantitative estimate of drug-likeness (QED) is 0.449. The number of rotatable bonds is 9. The standard InChI is InChI=1S/C22H22FNO5S2/c1-2-30(25,26)29-21-14-10-19(11-15-21)17-24(16-18-8-12-20(23)13-9-18)31(27,28)22-6-4-3-5-7-22/h3-15H,2,16-17H2,1H3. The summed E-state index contributed by atoms with van der Waals surface area (Å²) in [5.41, 5.74) is 1.28. The van der Waals surface area contributed by atoms with Crippen LogP contribution in [-0.2, 0) is 33.2 Å². The van der Waals surface area contributed by atoms with Crippen LogP contribution in [0.4, 0.5) is 4.39 Å². The molecular weight excluding hydrogens is 441 g/mol. The molecule has 3 aromatic rings. The molecule has 0 aliphatic heterocycles. The molecule has 164 valence electrons. The Balaban J connectivity index is 1.88. The van der Waals surface area contributed by atoms with Crippen molar-refractivity contribution in [3.8, 4) is 5.75 Å². The summed E-state index contributed by atoms with van der Waals surface area (Å²) in [6.07, 6.45) is 0. The number of hydrogen-bond donors (Lipinski definition) is 0. The van der Waals surface area contributed by atoms with Crippen LogP contribution in [-0.4, -0.2) is 26.9 Å². The largest absolute Gasteiger partial charge is 0.382 e. The summed E-state index contributed by atoms with van der Waals surface area (Å²) in [6, 6.07) is 19.9. The Bertz CT molecular complexity index is 1210. The van der Waals surface area contributed by atoms with Gasteiger partial charge in [-0.1, -0.05) is 42.5 Å². The molecule has 0 bridgehead atoms. The van der Waals surface area contributed by atoms with Crippen LogP contribution in [0.2, 0.25) is 0 Å². The fourth-order valence-corrected chi connectivity index (χ4v) is 4.78. The second-order valence-corrected chi connectivity index (χ2v) is 10.6. The van der Waals surface area contributed by atoms with Crippen LogP contribution in [0, 0.1) is 5.82 Å². The summed E-state index contributed by atoms with van der Waals surface area (Å²) in [6.45, 7) is 1.56. The molecule has 0 heterocycles. The van der Waals surface area contributed by atoms with Crippen LogP contribution in [0.3, 0.4) is 0 Å². The van der Waals surface area contributed by atoms with Gasteiger partial charge in [-0.05, 0) is 54.4 Å². The van der Waals surface area contributed by atoms with Crippen molar-refractivity contribution in [1.82, 2.24) is 4.31 Å². The molecule has 0 amide bonds. The van der Waals surface area contributed by atoms with E-state index in [1.807, 2.05) is 0 Å². The van der Waals surface area contributed by atoms with Gasteiger partial charge in [0.2, 0.25) is 10.0 Å². The Labute approximate surface area is 182 Å². The second kappa shape index (κ2) is 9.59. The summed E-state index contributed by atoms with van der Waals surface area (Å²) < 4.78 is 69.2. The van der Waals surface area contributed by atoms with Crippen molar-refractivity contribution in [3.05, 3.63) is 95.8 Å². The number of hydrogen-bond acceptors (Lipinski definition) is 5. The number of nitrogens with zero attached hydrogens (tertiary/aromatic N) is 1. The molecule has 0 spiro atoms. The molecule has 0 aromatic heterocycles. The predicted octanol–water partition coefficient (Wildman–Crippen LogP) is 3.95. The van der Waals surface area contributed by atoms with Crippen molar-refractivity contribution in [2.45, 2.75) is 24.9 Å². The van der Waals surface area contributed by atoms with Crippen molar-refractivity contribution in [3.63, 3.8) is 0 Å². The van der Waals surface area contributed by atoms with Gasteiger partial charge in [0.1, 0.15) is 11.6 Å². The maximum absolute atomic E-state index is 13.3. The van der Waals surface area contributed by atoms with Gasteiger partial charge in [0.15, 0.2) is 0 Å². The third kappa shape index (κ3) is 6.13. The van der Waals surface area contributed by atoms with E-state index in [0.29, 0.717) is 11.1 Å². The number of benzene rings is 3. The minimum absolute atomic E-state index is 0.0371. The van der Waals surface area contributed by atoms with E-state index < -0.39 is 26.0 Å². The Kier molecular flexibility index (Phi) is 7.09. The zero-order valence-electron chi connectivity index (χ0n) is 16.8. The summed E-state index contributed by atoms with van der Waals surface area (Å²) in [5.74, 6) is -0.407. The van der Waals surface area contributed by atoms with Gasteiger partial charge >= 0.3 is 10.1 Å². The van der Waals surface area contributed by atoms with Gasteiger partial charge in [0, 0.05) is 13.1 Å². The van der Waals surface area contributed by atoms with Crippen molar-refractivity contribution in [1.29, 1.82) is 0 Å². The highest BCUT2D eigenvalue weighted by atomic mass is 32.2. The highest BCUT2D eigenvalue weighted by Crippen LogP contribution is 2.23. The molecule has 0 aliphatic rings.